The number of halogens is 1. The van der Waals surface area contributed by atoms with Gasteiger partial charge in [-0.25, -0.2) is 0 Å². The van der Waals surface area contributed by atoms with Gasteiger partial charge in [0.2, 0.25) is 0 Å². The number of hydrogen-bond donors (Lipinski definition) is 0. The van der Waals surface area contributed by atoms with Crippen LogP contribution in [-0.4, -0.2) is 38.2 Å². The smallest absolute Gasteiger partial charge is 0.356 e. The first-order valence-electron chi connectivity index (χ1n) is 4.52. The highest BCUT2D eigenvalue weighted by Crippen LogP contribution is 2.12. The van der Waals surface area contributed by atoms with Crippen LogP contribution in [0.5, 0.6) is 0 Å². The predicted molar refractivity (Wildman–Crippen MR) is 55.8 cm³/mol. The second-order valence-corrected chi connectivity index (χ2v) is 6.57. The van der Waals surface area contributed by atoms with Crippen molar-refractivity contribution in [2.75, 3.05) is 20.0 Å². The van der Waals surface area contributed by atoms with Gasteiger partial charge in [0.25, 0.3) is 0 Å². The minimum absolute atomic E-state index is 0.0202. The van der Waals surface area contributed by atoms with Crippen LogP contribution in [0, 0.1) is 0 Å². The van der Waals surface area contributed by atoms with Gasteiger partial charge in [0.05, 0.1) is 0 Å². The van der Waals surface area contributed by atoms with Crippen LogP contribution in [0.2, 0.25) is 4.05 Å². The summed E-state index contributed by atoms with van der Waals surface area (Å²) in [5, 5.41) is 0. The third kappa shape index (κ3) is 9.26. The van der Waals surface area contributed by atoms with Gasteiger partial charge in [-0.2, -0.15) is 0 Å². The molecule has 1 unspecified atom stereocenters. The van der Waals surface area contributed by atoms with Gasteiger partial charge in [0.15, 0.2) is 0 Å². The van der Waals surface area contributed by atoms with E-state index in [-0.39, 0.29) is 18.2 Å². The molecular weight excluding hydrogens is 232 g/mol. The predicted octanol–water partition coefficient (Wildman–Crippen LogP) is 2.60. The first-order valence-corrected chi connectivity index (χ1v) is 9.24. The Balaban J connectivity index is 2.90. The van der Waals surface area contributed by atoms with Gasteiger partial charge in [-0.1, -0.05) is 13.3 Å². The first kappa shape index (κ1) is 13.2. The van der Waals surface area contributed by atoms with Crippen molar-refractivity contribution in [2.45, 2.75) is 30.7 Å². The lowest BCUT2D eigenvalue weighted by atomic mass is 10.2. The second-order valence-electron chi connectivity index (χ2n) is 2.92. The Morgan fingerprint density at radius 3 is 2.75 bits per heavy atom. The van der Waals surface area contributed by atoms with Gasteiger partial charge in [-0.05, 0) is 13.3 Å². The van der Waals surface area contributed by atoms with E-state index in [4.69, 9.17) is 9.47 Å². The summed E-state index contributed by atoms with van der Waals surface area (Å²) in [5.41, 5.74) is 0. The van der Waals surface area contributed by atoms with E-state index in [0.29, 0.717) is 6.79 Å². The van der Waals surface area contributed by atoms with Crippen LogP contribution in [0.3, 0.4) is 0 Å². The molecule has 0 amide bonds. The van der Waals surface area contributed by atoms with E-state index in [0.717, 1.165) is 23.7 Å². The summed E-state index contributed by atoms with van der Waals surface area (Å²) >= 11 is 3.60. The van der Waals surface area contributed by atoms with Crippen LogP contribution in [0.25, 0.3) is 0 Å². The van der Waals surface area contributed by atoms with Crippen LogP contribution < -0.4 is 0 Å². The van der Waals surface area contributed by atoms with Crippen molar-refractivity contribution in [2.24, 2.45) is 0 Å². The molecule has 0 aromatic rings. The summed E-state index contributed by atoms with van der Waals surface area (Å²) in [6, 6.07) is 0. The summed E-state index contributed by atoms with van der Waals surface area (Å²) < 4.78 is 11.2. The van der Waals surface area contributed by atoms with Crippen molar-refractivity contribution >= 4 is 31.1 Å². The molecule has 0 aromatic carbocycles. The van der Waals surface area contributed by atoms with Crippen LogP contribution in [0.15, 0.2) is 0 Å². The topological polar surface area (TPSA) is 18.5 Å². The molecule has 0 aliphatic carbocycles. The van der Waals surface area contributed by atoms with E-state index >= 15 is 0 Å². The molecule has 0 spiro atoms. The zero-order valence-corrected chi connectivity index (χ0v) is 11.0. The van der Waals surface area contributed by atoms with E-state index in [1.165, 1.54) is 6.42 Å². The highest BCUT2D eigenvalue weighted by molar-refractivity contribution is 9.23. The number of rotatable bonds is 8. The molecule has 70 valence electrons. The Kier molecular flexibility index (Phi) is 11.2. The fraction of sp³-hybridized carbons (Fsp3) is 1.00. The first-order chi connectivity index (χ1) is 5.81. The summed E-state index contributed by atoms with van der Waals surface area (Å²) in [5.74, 6) is 0. The SMILES string of the molecule is CCOCOCCC[CH](C)[Mg][Br]. The molecule has 0 aliphatic heterocycles. The van der Waals surface area contributed by atoms with E-state index in [9.17, 15) is 0 Å². The quantitative estimate of drug-likeness (QED) is 0.374. The Morgan fingerprint density at radius 2 is 2.17 bits per heavy atom. The van der Waals surface area contributed by atoms with Gasteiger partial charge in [-0.15, -0.1) is 4.05 Å². The zero-order chi connectivity index (χ0) is 9.23. The molecule has 0 aromatic heterocycles. The van der Waals surface area contributed by atoms with Crippen molar-refractivity contribution in [3.8, 4) is 0 Å². The maximum Gasteiger partial charge on any atom is 0.471 e. The molecule has 0 heterocycles. The Bertz CT molecular complexity index is 93.1. The summed E-state index contributed by atoms with van der Waals surface area (Å²) in [6.07, 6.45) is 2.44. The van der Waals surface area contributed by atoms with Crippen LogP contribution in [-0.2, 0) is 9.47 Å². The third-order valence-corrected chi connectivity index (χ3v) is 5.87. The summed E-state index contributed by atoms with van der Waals surface area (Å²) in [4.78, 5) is 0. The second kappa shape index (κ2) is 10.2. The van der Waals surface area contributed by atoms with E-state index in [1.54, 1.807) is 0 Å². The van der Waals surface area contributed by atoms with Gasteiger partial charge < -0.3 is 22.4 Å². The van der Waals surface area contributed by atoms with Crippen molar-refractivity contribution < 1.29 is 9.47 Å². The highest BCUT2D eigenvalue weighted by Gasteiger charge is 2.02. The van der Waals surface area contributed by atoms with Gasteiger partial charge >= 0.3 is 18.2 Å². The molecule has 0 radical (unpaired) electrons. The van der Waals surface area contributed by atoms with Crippen LogP contribution in [0.4, 0.5) is 0 Å². The molecular formula is C8H17BrMgO2. The third-order valence-electron chi connectivity index (χ3n) is 1.62. The molecule has 0 fully saturated rings. The zero-order valence-electron chi connectivity index (χ0n) is 8.01. The largest absolute Gasteiger partial charge is 0.471 e. The minimum Gasteiger partial charge on any atom is -0.356 e. The van der Waals surface area contributed by atoms with Crippen molar-refractivity contribution in [3.05, 3.63) is 0 Å². The molecule has 12 heavy (non-hydrogen) atoms. The lowest BCUT2D eigenvalue weighted by Crippen LogP contribution is -2.02. The minimum atomic E-state index is 0.0202. The Morgan fingerprint density at radius 1 is 1.42 bits per heavy atom. The fourth-order valence-electron chi connectivity index (χ4n) is 0.812. The van der Waals surface area contributed by atoms with Gasteiger partial charge in [-0.3, -0.25) is 0 Å². The van der Waals surface area contributed by atoms with Crippen LogP contribution in [0.1, 0.15) is 26.7 Å². The normalized spacial score (nSPS) is 12.6. The monoisotopic (exact) mass is 248 g/mol. The molecule has 0 bridgehead atoms. The number of ether oxygens (including phenoxy) is 2. The molecule has 1 atom stereocenters. The lowest BCUT2D eigenvalue weighted by Gasteiger charge is -2.06. The van der Waals surface area contributed by atoms with E-state index in [2.05, 4.69) is 19.8 Å². The molecule has 0 saturated carbocycles. The van der Waals surface area contributed by atoms with E-state index in [1.807, 2.05) is 6.92 Å². The standard InChI is InChI=1S/C8H17O2.BrH.Mg/c1-3-5-6-7-10-8-9-4-2;;/h3H,4-8H2,1-2H3;1H;/q;;+1/p-1. The molecule has 0 N–H and O–H groups in total. The highest BCUT2D eigenvalue weighted by atomic mass is 79.9. The molecule has 2 nitrogen and oxygen atoms in total. The van der Waals surface area contributed by atoms with Gasteiger partial charge in [0, 0.05) is 13.2 Å². The summed E-state index contributed by atoms with van der Waals surface area (Å²) in [7, 11) is 0. The van der Waals surface area contributed by atoms with Crippen LogP contribution >= 0.6 is 12.9 Å². The summed E-state index contributed by atoms with van der Waals surface area (Å²) in [6.45, 7) is 6.30. The molecule has 0 saturated heterocycles. The maximum absolute atomic E-state index is 5.25. The lowest BCUT2D eigenvalue weighted by molar-refractivity contribution is -0.0501. The average Bonchev–Trinajstić information content (AvgIpc) is 2.10. The number of hydrogen-bond acceptors (Lipinski definition) is 2. The van der Waals surface area contributed by atoms with Crippen molar-refractivity contribution in [1.82, 2.24) is 0 Å². The maximum atomic E-state index is 5.25. The molecule has 4 heteroatoms. The Labute approximate surface area is 91.0 Å². The molecule has 0 rings (SSSR count). The average molecular weight is 249 g/mol. The van der Waals surface area contributed by atoms with E-state index < -0.39 is 0 Å². The molecule has 0 aliphatic rings. The fourth-order valence-corrected chi connectivity index (χ4v) is 2.23. The van der Waals surface area contributed by atoms with Gasteiger partial charge in [0.1, 0.15) is 6.79 Å². The van der Waals surface area contributed by atoms with Crippen molar-refractivity contribution in [3.63, 3.8) is 0 Å². The van der Waals surface area contributed by atoms with Crippen molar-refractivity contribution in [1.29, 1.82) is 0 Å². The Hall–Kier alpha value is 1.17.